The number of anilines is 1. The van der Waals surface area contributed by atoms with Crippen molar-refractivity contribution in [1.82, 2.24) is 19.7 Å². The zero-order valence-corrected chi connectivity index (χ0v) is 16.7. The van der Waals surface area contributed by atoms with Crippen LogP contribution in [0.2, 0.25) is 0 Å². The van der Waals surface area contributed by atoms with E-state index in [9.17, 15) is 9.59 Å². The summed E-state index contributed by atoms with van der Waals surface area (Å²) in [4.78, 5) is 25.9. The summed E-state index contributed by atoms with van der Waals surface area (Å²) in [5.41, 5.74) is 1.09. The maximum absolute atomic E-state index is 12.3. The molecule has 0 unspecified atom stereocenters. The van der Waals surface area contributed by atoms with Crippen LogP contribution in [0.5, 0.6) is 0 Å². The Bertz CT molecular complexity index is 966. The van der Waals surface area contributed by atoms with Gasteiger partial charge in [0.2, 0.25) is 5.91 Å². The Kier molecular flexibility index (Phi) is 6.15. The van der Waals surface area contributed by atoms with Crippen LogP contribution in [0.4, 0.5) is 5.69 Å². The number of hydrogen-bond donors (Lipinski definition) is 1. The maximum Gasteiger partial charge on any atom is 0.253 e. The Morgan fingerprint density at radius 2 is 2.04 bits per heavy atom. The second-order valence-corrected chi connectivity index (χ2v) is 7.09. The molecule has 2 amide bonds. The fraction of sp³-hybridized carbons (Fsp3) is 0.263. The highest BCUT2D eigenvalue weighted by Gasteiger charge is 2.16. The molecule has 3 rings (SSSR count). The minimum Gasteiger partial charge on any atom is -0.461 e. The van der Waals surface area contributed by atoms with E-state index in [0.29, 0.717) is 34.5 Å². The van der Waals surface area contributed by atoms with Gasteiger partial charge in [-0.1, -0.05) is 17.8 Å². The zero-order valence-electron chi connectivity index (χ0n) is 15.9. The van der Waals surface area contributed by atoms with Crippen LogP contribution in [0.1, 0.15) is 17.3 Å². The number of nitrogens with zero attached hydrogens (tertiary/aromatic N) is 4. The standard InChI is InChI=1S/C19H21N5O3S/c1-4-24-17(15-9-6-10-27-15)21-22-19(24)28-12-16(25)20-14-8-5-7-13(11-14)18(26)23(2)3/h5-11H,4,12H2,1-3H3,(H,20,25). The van der Waals surface area contributed by atoms with Gasteiger partial charge in [0.05, 0.1) is 12.0 Å². The summed E-state index contributed by atoms with van der Waals surface area (Å²) >= 11 is 1.29. The molecular formula is C19H21N5O3S. The van der Waals surface area contributed by atoms with Crippen molar-refractivity contribution in [2.75, 3.05) is 25.2 Å². The number of aromatic nitrogens is 3. The highest BCUT2D eigenvalue weighted by atomic mass is 32.2. The number of carbonyl (C=O) groups is 2. The molecule has 0 saturated heterocycles. The summed E-state index contributed by atoms with van der Waals surface area (Å²) in [5.74, 6) is 1.12. The number of hydrogen-bond acceptors (Lipinski definition) is 6. The molecule has 1 aromatic carbocycles. The van der Waals surface area contributed by atoms with Crippen molar-refractivity contribution in [2.45, 2.75) is 18.6 Å². The van der Waals surface area contributed by atoms with Crippen LogP contribution in [0.3, 0.4) is 0 Å². The van der Waals surface area contributed by atoms with E-state index in [-0.39, 0.29) is 17.6 Å². The van der Waals surface area contributed by atoms with Gasteiger partial charge in [0.1, 0.15) is 0 Å². The lowest BCUT2D eigenvalue weighted by molar-refractivity contribution is -0.113. The molecule has 28 heavy (non-hydrogen) atoms. The fourth-order valence-corrected chi connectivity index (χ4v) is 3.39. The smallest absolute Gasteiger partial charge is 0.253 e. The molecule has 0 fully saturated rings. The van der Waals surface area contributed by atoms with E-state index in [1.54, 1.807) is 50.7 Å². The molecule has 2 heterocycles. The number of nitrogens with one attached hydrogen (secondary N) is 1. The van der Waals surface area contributed by atoms with Gasteiger partial charge in [-0.3, -0.25) is 14.2 Å². The highest BCUT2D eigenvalue weighted by Crippen LogP contribution is 2.24. The Morgan fingerprint density at radius 3 is 2.71 bits per heavy atom. The average molecular weight is 399 g/mol. The molecule has 2 aromatic heterocycles. The topological polar surface area (TPSA) is 93.3 Å². The van der Waals surface area contributed by atoms with E-state index in [2.05, 4.69) is 15.5 Å². The van der Waals surface area contributed by atoms with Crippen LogP contribution in [-0.2, 0) is 11.3 Å². The number of furan rings is 1. The third-order valence-electron chi connectivity index (χ3n) is 3.91. The normalized spacial score (nSPS) is 10.7. The second kappa shape index (κ2) is 8.75. The van der Waals surface area contributed by atoms with E-state index >= 15 is 0 Å². The van der Waals surface area contributed by atoms with Crippen LogP contribution < -0.4 is 5.32 Å². The van der Waals surface area contributed by atoms with E-state index < -0.39 is 0 Å². The highest BCUT2D eigenvalue weighted by molar-refractivity contribution is 7.99. The van der Waals surface area contributed by atoms with Crippen LogP contribution in [0.15, 0.2) is 52.2 Å². The summed E-state index contributed by atoms with van der Waals surface area (Å²) in [6.07, 6.45) is 1.58. The van der Waals surface area contributed by atoms with Crippen molar-refractivity contribution in [3.8, 4) is 11.6 Å². The van der Waals surface area contributed by atoms with E-state index in [4.69, 9.17) is 4.42 Å². The van der Waals surface area contributed by atoms with Crippen molar-refractivity contribution in [1.29, 1.82) is 0 Å². The number of benzene rings is 1. The number of rotatable bonds is 7. The Labute approximate surface area is 166 Å². The summed E-state index contributed by atoms with van der Waals surface area (Å²) in [6, 6.07) is 10.5. The lowest BCUT2D eigenvalue weighted by Crippen LogP contribution is -2.22. The van der Waals surface area contributed by atoms with Crippen molar-refractivity contribution < 1.29 is 14.0 Å². The lowest BCUT2D eigenvalue weighted by atomic mass is 10.2. The quantitative estimate of drug-likeness (QED) is 0.614. The first-order chi connectivity index (χ1) is 13.5. The largest absolute Gasteiger partial charge is 0.461 e. The van der Waals surface area contributed by atoms with Gasteiger partial charge in [-0.15, -0.1) is 10.2 Å². The monoisotopic (exact) mass is 399 g/mol. The SMILES string of the molecule is CCn1c(SCC(=O)Nc2cccc(C(=O)N(C)C)c2)nnc1-c1ccco1. The van der Waals surface area contributed by atoms with E-state index in [1.807, 2.05) is 17.6 Å². The third kappa shape index (κ3) is 4.42. The number of carbonyl (C=O) groups excluding carboxylic acids is 2. The number of thioether (sulfide) groups is 1. The van der Waals surface area contributed by atoms with Crippen LogP contribution >= 0.6 is 11.8 Å². The van der Waals surface area contributed by atoms with E-state index in [0.717, 1.165) is 0 Å². The van der Waals surface area contributed by atoms with Crippen molar-refractivity contribution in [3.63, 3.8) is 0 Å². The molecule has 0 aliphatic rings. The zero-order chi connectivity index (χ0) is 20.1. The van der Waals surface area contributed by atoms with Crippen LogP contribution in [0, 0.1) is 0 Å². The van der Waals surface area contributed by atoms with Gasteiger partial charge in [0, 0.05) is 31.9 Å². The molecule has 0 radical (unpaired) electrons. The summed E-state index contributed by atoms with van der Waals surface area (Å²) in [7, 11) is 3.37. The molecule has 9 heteroatoms. The minimum atomic E-state index is -0.190. The second-order valence-electron chi connectivity index (χ2n) is 6.14. The van der Waals surface area contributed by atoms with Gasteiger partial charge in [0.25, 0.3) is 5.91 Å². The minimum absolute atomic E-state index is 0.119. The summed E-state index contributed by atoms with van der Waals surface area (Å²) in [5, 5.41) is 11.8. The molecule has 146 valence electrons. The Hall–Kier alpha value is -3.07. The van der Waals surface area contributed by atoms with Gasteiger partial charge in [-0.25, -0.2) is 0 Å². The number of amides is 2. The van der Waals surface area contributed by atoms with E-state index in [1.165, 1.54) is 16.7 Å². The molecular weight excluding hydrogens is 378 g/mol. The Morgan fingerprint density at radius 1 is 1.21 bits per heavy atom. The molecule has 0 bridgehead atoms. The van der Waals surface area contributed by atoms with Gasteiger partial charge in [-0.05, 0) is 37.3 Å². The summed E-state index contributed by atoms with van der Waals surface area (Å²) < 4.78 is 7.28. The third-order valence-corrected chi connectivity index (χ3v) is 4.87. The van der Waals surface area contributed by atoms with Gasteiger partial charge in [0.15, 0.2) is 16.7 Å². The maximum atomic E-state index is 12.3. The average Bonchev–Trinajstić information content (AvgIpc) is 3.34. The van der Waals surface area contributed by atoms with Gasteiger partial charge in [-0.2, -0.15) is 0 Å². The molecule has 0 aliphatic heterocycles. The lowest BCUT2D eigenvalue weighted by Gasteiger charge is -2.11. The predicted molar refractivity (Wildman–Crippen MR) is 107 cm³/mol. The van der Waals surface area contributed by atoms with Crippen LogP contribution in [0.25, 0.3) is 11.6 Å². The molecule has 0 saturated carbocycles. The first-order valence-corrected chi connectivity index (χ1v) is 9.69. The first kappa shape index (κ1) is 19.7. The van der Waals surface area contributed by atoms with Crippen LogP contribution in [-0.4, -0.2) is 51.3 Å². The molecule has 8 nitrogen and oxygen atoms in total. The summed E-state index contributed by atoms with van der Waals surface area (Å²) in [6.45, 7) is 2.63. The molecule has 0 atom stereocenters. The predicted octanol–water partition coefficient (Wildman–Crippen LogP) is 2.99. The van der Waals surface area contributed by atoms with Crippen molar-refractivity contribution in [2.24, 2.45) is 0 Å². The molecule has 0 aliphatic carbocycles. The van der Waals surface area contributed by atoms with Crippen molar-refractivity contribution in [3.05, 3.63) is 48.2 Å². The Balaban J connectivity index is 1.64. The molecule has 0 spiro atoms. The first-order valence-electron chi connectivity index (χ1n) is 8.71. The van der Waals surface area contributed by atoms with Crippen molar-refractivity contribution >= 4 is 29.3 Å². The fourth-order valence-electron chi connectivity index (χ4n) is 2.58. The molecule has 3 aromatic rings. The molecule has 1 N–H and O–H groups in total. The van der Waals surface area contributed by atoms with Gasteiger partial charge >= 0.3 is 0 Å². The van der Waals surface area contributed by atoms with Gasteiger partial charge < -0.3 is 14.6 Å².